The van der Waals surface area contributed by atoms with Crippen LogP contribution < -0.4 is 9.47 Å². The van der Waals surface area contributed by atoms with Crippen LogP contribution in [-0.4, -0.2) is 67.0 Å². The molecule has 2 aromatic carbocycles. The Bertz CT molecular complexity index is 1040. The molecule has 1 fully saturated rings. The predicted molar refractivity (Wildman–Crippen MR) is 132 cm³/mol. The number of ether oxygens (including phenoxy) is 2. The standard InChI is InChI=1S/C27H32N2O5/c1-5-18-34-22-14-10-20(11-15-22)25(30)23-24(19-8-12-21(13-9-19)33-6-2)29(27(32)26(23)31)17-7-16-28(3)4/h5,8-15,24,30H,1,6-7,16-18H2,2-4H3/b25-23-. The molecule has 0 spiro atoms. The van der Waals surface area contributed by atoms with Gasteiger partial charge in [-0.05, 0) is 75.9 Å². The van der Waals surface area contributed by atoms with Crippen molar-refractivity contribution in [3.63, 3.8) is 0 Å². The molecule has 2 aromatic rings. The summed E-state index contributed by atoms with van der Waals surface area (Å²) in [6.45, 7) is 7.59. The van der Waals surface area contributed by atoms with Gasteiger partial charge in [0, 0.05) is 12.1 Å². The van der Waals surface area contributed by atoms with E-state index in [2.05, 4.69) is 6.58 Å². The summed E-state index contributed by atoms with van der Waals surface area (Å²) in [5.41, 5.74) is 1.26. The third-order valence-electron chi connectivity index (χ3n) is 5.55. The lowest BCUT2D eigenvalue weighted by atomic mass is 9.95. The van der Waals surface area contributed by atoms with Gasteiger partial charge in [0.05, 0.1) is 18.2 Å². The smallest absolute Gasteiger partial charge is 0.295 e. The predicted octanol–water partition coefficient (Wildman–Crippen LogP) is 4.02. The van der Waals surface area contributed by atoms with Gasteiger partial charge in [-0.25, -0.2) is 0 Å². The van der Waals surface area contributed by atoms with Gasteiger partial charge in [-0.15, -0.1) is 0 Å². The summed E-state index contributed by atoms with van der Waals surface area (Å²) in [7, 11) is 3.92. The number of ketones is 1. The van der Waals surface area contributed by atoms with Gasteiger partial charge in [-0.3, -0.25) is 9.59 Å². The van der Waals surface area contributed by atoms with E-state index in [4.69, 9.17) is 9.47 Å². The fourth-order valence-electron chi connectivity index (χ4n) is 3.95. The Morgan fingerprint density at radius 1 is 1.06 bits per heavy atom. The number of Topliss-reactive ketones (excluding diaryl/α,β-unsaturated/α-hetero) is 1. The van der Waals surface area contributed by atoms with Crippen LogP contribution in [0.4, 0.5) is 0 Å². The molecule has 0 bridgehead atoms. The van der Waals surface area contributed by atoms with Crippen molar-refractivity contribution in [2.24, 2.45) is 0 Å². The molecule has 0 aliphatic carbocycles. The largest absolute Gasteiger partial charge is 0.507 e. The summed E-state index contributed by atoms with van der Waals surface area (Å²) in [6.07, 6.45) is 2.34. The van der Waals surface area contributed by atoms with Crippen LogP contribution in [0.1, 0.15) is 30.5 Å². The SMILES string of the molecule is C=CCOc1ccc(/C(O)=C2/C(=O)C(=O)N(CCCN(C)C)C2c2ccc(OCC)cc2)cc1. The zero-order chi connectivity index (χ0) is 24.7. The van der Waals surface area contributed by atoms with Crippen molar-refractivity contribution in [1.82, 2.24) is 9.80 Å². The maximum atomic E-state index is 13.1. The number of aliphatic hydroxyl groups is 1. The Morgan fingerprint density at radius 3 is 2.26 bits per heavy atom. The molecule has 180 valence electrons. The van der Waals surface area contributed by atoms with Gasteiger partial charge in [-0.1, -0.05) is 24.8 Å². The fourth-order valence-corrected chi connectivity index (χ4v) is 3.95. The van der Waals surface area contributed by atoms with Crippen molar-refractivity contribution in [1.29, 1.82) is 0 Å². The topological polar surface area (TPSA) is 79.3 Å². The first kappa shape index (κ1) is 25.1. The van der Waals surface area contributed by atoms with Crippen molar-refractivity contribution in [2.45, 2.75) is 19.4 Å². The van der Waals surface area contributed by atoms with Gasteiger partial charge in [0.2, 0.25) is 0 Å². The molecule has 1 unspecified atom stereocenters. The summed E-state index contributed by atoms with van der Waals surface area (Å²) in [5.74, 6) is -0.185. The van der Waals surface area contributed by atoms with Crippen LogP contribution in [-0.2, 0) is 9.59 Å². The van der Waals surface area contributed by atoms with Crippen LogP contribution >= 0.6 is 0 Å². The van der Waals surface area contributed by atoms with Crippen molar-refractivity contribution < 1.29 is 24.2 Å². The number of nitrogens with zero attached hydrogens (tertiary/aromatic N) is 2. The summed E-state index contributed by atoms with van der Waals surface area (Å²) >= 11 is 0. The van der Waals surface area contributed by atoms with Crippen LogP contribution in [0.25, 0.3) is 5.76 Å². The second-order valence-electron chi connectivity index (χ2n) is 8.28. The second kappa shape index (κ2) is 11.5. The minimum absolute atomic E-state index is 0.0822. The first-order chi connectivity index (χ1) is 16.4. The van der Waals surface area contributed by atoms with E-state index in [1.54, 1.807) is 35.2 Å². The minimum Gasteiger partial charge on any atom is -0.507 e. The zero-order valence-corrected chi connectivity index (χ0v) is 20.0. The molecule has 1 saturated heterocycles. The van der Waals surface area contributed by atoms with Crippen LogP contribution in [0.5, 0.6) is 11.5 Å². The van der Waals surface area contributed by atoms with E-state index in [-0.39, 0.29) is 11.3 Å². The number of aliphatic hydroxyl groups excluding tert-OH is 1. The van der Waals surface area contributed by atoms with Gasteiger partial charge >= 0.3 is 0 Å². The minimum atomic E-state index is -0.687. The summed E-state index contributed by atoms with van der Waals surface area (Å²) in [5, 5.41) is 11.2. The van der Waals surface area contributed by atoms with E-state index in [1.807, 2.05) is 50.2 Å². The lowest BCUT2D eigenvalue weighted by Gasteiger charge is -2.26. The fraction of sp³-hybridized carbons (Fsp3) is 0.333. The highest BCUT2D eigenvalue weighted by Crippen LogP contribution is 2.40. The summed E-state index contributed by atoms with van der Waals surface area (Å²) in [6, 6.07) is 13.4. The molecule has 1 heterocycles. The van der Waals surface area contributed by atoms with Crippen molar-refractivity contribution in [2.75, 3.05) is 40.4 Å². The van der Waals surface area contributed by atoms with E-state index in [1.165, 1.54) is 0 Å². The molecular formula is C27H32N2O5. The number of carbonyl (C=O) groups excluding carboxylic acids is 2. The monoisotopic (exact) mass is 464 g/mol. The molecule has 34 heavy (non-hydrogen) atoms. The highest BCUT2D eigenvalue weighted by molar-refractivity contribution is 6.46. The quantitative estimate of drug-likeness (QED) is 0.234. The molecule has 0 aromatic heterocycles. The van der Waals surface area contributed by atoms with Crippen LogP contribution in [0.15, 0.2) is 66.8 Å². The molecule has 1 atom stereocenters. The third kappa shape index (κ3) is 5.66. The molecule has 3 rings (SSSR count). The maximum Gasteiger partial charge on any atom is 0.295 e. The number of carbonyl (C=O) groups is 2. The van der Waals surface area contributed by atoms with Crippen LogP contribution in [0, 0.1) is 0 Å². The number of benzene rings is 2. The van der Waals surface area contributed by atoms with Crippen molar-refractivity contribution in [3.8, 4) is 11.5 Å². The molecule has 1 aliphatic heterocycles. The number of amides is 1. The van der Waals surface area contributed by atoms with Gasteiger partial charge in [0.25, 0.3) is 11.7 Å². The summed E-state index contributed by atoms with van der Waals surface area (Å²) < 4.78 is 11.0. The lowest BCUT2D eigenvalue weighted by Crippen LogP contribution is -2.32. The van der Waals surface area contributed by atoms with E-state index < -0.39 is 17.7 Å². The van der Waals surface area contributed by atoms with E-state index in [0.29, 0.717) is 43.2 Å². The molecule has 0 saturated carbocycles. The number of likely N-dealkylation sites (tertiary alicyclic amines) is 1. The number of hydrogen-bond acceptors (Lipinski definition) is 6. The molecule has 1 amide bonds. The Morgan fingerprint density at radius 2 is 1.68 bits per heavy atom. The highest BCUT2D eigenvalue weighted by Gasteiger charge is 2.45. The van der Waals surface area contributed by atoms with E-state index in [0.717, 1.165) is 12.1 Å². The Balaban J connectivity index is 2.01. The lowest BCUT2D eigenvalue weighted by molar-refractivity contribution is -0.139. The first-order valence-corrected chi connectivity index (χ1v) is 11.4. The third-order valence-corrected chi connectivity index (χ3v) is 5.55. The Kier molecular flexibility index (Phi) is 8.49. The van der Waals surface area contributed by atoms with Crippen molar-refractivity contribution >= 4 is 17.4 Å². The molecule has 1 aliphatic rings. The molecule has 0 radical (unpaired) electrons. The molecule has 7 heteroatoms. The average molecular weight is 465 g/mol. The maximum absolute atomic E-state index is 13.1. The zero-order valence-electron chi connectivity index (χ0n) is 20.0. The highest BCUT2D eigenvalue weighted by atomic mass is 16.5. The van der Waals surface area contributed by atoms with Gasteiger partial charge in [0.15, 0.2) is 0 Å². The number of rotatable bonds is 11. The van der Waals surface area contributed by atoms with E-state index >= 15 is 0 Å². The average Bonchev–Trinajstić information content (AvgIpc) is 3.08. The van der Waals surface area contributed by atoms with E-state index in [9.17, 15) is 14.7 Å². The Hall–Kier alpha value is -3.58. The van der Waals surface area contributed by atoms with Crippen LogP contribution in [0.3, 0.4) is 0 Å². The van der Waals surface area contributed by atoms with Gasteiger partial charge in [-0.2, -0.15) is 0 Å². The van der Waals surface area contributed by atoms with Crippen molar-refractivity contribution in [3.05, 3.63) is 77.9 Å². The molecule has 1 N–H and O–H groups in total. The second-order valence-corrected chi connectivity index (χ2v) is 8.28. The van der Waals surface area contributed by atoms with Gasteiger partial charge < -0.3 is 24.4 Å². The number of hydrogen-bond donors (Lipinski definition) is 1. The first-order valence-electron chi connectivity index (χ1n) is 11.4. The van der Waals surface area contributed by atoms with Gasteiger partial charge in [0.1, 0.15) is 23.9 Å². The normalized spacial score (nSPS) is 17.3. The van der Waals surface area contributed by atoms with Crippen LogP contribution in [0.2, 0.25) is 0 Å². The molecular weight excluding hydrogens is 432 g/mol. The summed E-state index contributed by atoms with van der Waals surface area (Å²) in [4.78, 5) is 29.7. The Labute approximate surface area is 200 Å². The molecule has 7 nitrogen and oxygen atoms in total.